The topological polar surface area (TPSA) is 77.8 Å². The SMILES string of the molecule is CC(C)CNC(=O)c1ccc(Nc2ccccc2C#N)cn1. The van der Waals surface area contributed by atoms with Gasteiger partial charge in [-0.1, -0.05) is 26.0 Å². The van der Waals surface area contributed by atoms with Crippen LogP contribution in [0.2, 0.25) is 0 Å². The number of carbonyl (C=O) groups is 1. The maximum Gasteiger partial charge on any atom is 0.269 e. The summed E-state index contributed by atoms with van der Waals surface area (Å²) in [5, 5.41) is 15.0. The fraction of sp³-hybridized carbons (Fsp3) is 0.235. The lowest BCUT2D eigenvalue weighted by molar-refractivity contribution is 0.0944. The van der Waals surface area contributed by atoms with E-state index in [-0.39, 0.29) is 5.91 Å². The first-order valence-electron chi connectivity index (χ1n) is 7.10. The number of hydrogen-bond acceptors (Lipinski definition) is 4. The van der Waals surface area contributed by atoms with Crippen LogP contribution in [0.4, 0.5) is 11.4 Å². The smallest absolute Gasteiger partial charge is 0.269 e. The van der Waals surface area contributed by atoms with E-state index in [1.54, 1.807) is 24.4 Å². The van der Waals surface area contributed by atoms with Gasteiger partial charge >= 0.3 is 0 Å². The number of nitrogens with zero attached hydrogens (tertiary/aromatic N) is 2. The van der Waals surface area contributed by atoms with Gasteiger partial charge in [0.1, 0.15) is 11.8 Å². The number of rotatable bonds is 5. The minimum Gasteiger partial charge on any atom is -0.353 e. The van der Waals surface area contributed by atoms with Crippen molar-refractivity contribution < 1.29 is 4.79 Å². The Morgan fingerprint density at radius 2 is 2.05 bits per heavy atom. The first-order chi connectivity index (χ1) is 10.6. The monoisotopic (exact) mass is 294 g/mol. The zero-order valence-electron chi connectivity index (χ0n) is 12.6. The van der Waals surface area contributed by atoms with Gasteiger partial charge in [-0.15, -0.1) is 0 Å². The number of nitrogens with one attached hydrogen (secondary N) is 2. The van der Waals surface area contributed by atoms with Gasteiger partial charge in [0.2, 0.25) is 0 Å². The zero-order chi connectivity index (χ0) is 15.9. The van der Waals surface area contributed by atoms with Crippen molar-refractivity contribution in [3.63, 3.8) is 0 Å². The molecule has 0 unspecified atom stereocenters. The van der Waals surface area contributed by atoms with Gasteiger partial charge in [0.25, 0.3) is 5.91 Å². The molecule has 5 nitrogen and oxygen atoms in total. The third-order valence-electron chi connectivity index (χ3n) is 2.99. The van der Waals surface area contributed by atoms with Crippen molar-refractivity contribution in [3.05, 3.63) is 53.9 Å². The number of pyridine rings is 1. The van der Waals surface area contributed by atoms with Gasteiger partial charge in [-0.05, 0) is 30.2 Å². The zero-order valence-corrected chi connectivity index (χ0v) is 12.6. The highest BCUT2D eigenvalue weighted by Crippen LogP contribution is 2.19. The molecule has 1 aromatic carbocycles. The van der Waals surface area contributed by atoms with E-state index in [2.05, 4.69) is 21.7 Å². The van der Waals surface area contributed by atoms with Gasteiger partial charge in [-0.2, -0.15) is 5.26 Å². The van der Waals surface area contributed by atoms with Gasteiger partial charge < -0.3 is 10.6 Å². The minimum absolute atomic E-state index is 0.183. The number of hydrogen-bond donors (Lipinski definition) is 2. The van der Waals surface area contributed by atoms with Crippen molar-refractivity contribution in [1.29, 1.82) is 5.26 Å². The Hall–Kier alpha value is -2.87. The minimum atomic E-state index is -0.183. The van der Waals surface area contributed by atoms with Crippen LogP contribution in [0.25, 0.3) is 0 Å². The number of aromatic nitrogens is 1. The Kier molecular flexibility index (Phi) is 5.10. The first-order valence-corrected chi connectivity index (χ1v) is 7.10. The van der Waals surface area contributed by atoms with Crippen LogP contribution in [-0.4, -0.2) is 17.4 Å². The molecule has 22 heavy (non-hydrogen) atoms. The fourth-order valence-corrected chi connectivity index (χ4v) is 1.83. The fourth-order valence-electron chi connectivity index (χ4n) is 1.83. The van der Waals surface area contributed by atoms with Gasteiger partial charge in [0.05, 0.1) is 23.1 Å². The predicted molar refractivity (Wildman–Crippen MR) is 85.8 cm³/mol. The Balaban J connectivity index is 2.06. The second kappa shape index (κ2) is 7.23. The van der Waals surface area contributed by atoms with Gasteiger partial charge in [0, 0.05) is 6.54 Å². The Bertz CT molecular complexity index is 687. The highest BCUT2D eigenvalue weighted by Gasteiger charge is 2.08. The normalized spacial score (nSPS) is 10.1. The van der Waals surface area contributed by atoms with E-state index in [0.29, 0.717) is 29.4 Å². The predicted octanol–water partition coefficient (Wildman–Crippen LogP) is 3.08. The maximum absolute atomic E-state index is 11.9. The molecule has 0 saturated heterocycles. The molecule has 0 spiro atoms. The van der Waals surface area contributed by atoms with Crippen molar-refractivity contribution in [2.45, 2.75) is 13.8 Å². The summed E-state index contributed by atoms with van der Waals surface area (Å²) in [6.07, 6.45) is 1.58. The summed E-state index contributed by atoms with van der Waals surface area (Å²) in [4.78, 5) is 16.0. The number of nitriles is 1. The lowest BCUT2D eigenvalue weighted by Crippen LogP contribution is -2.27. The van der Waals surface area contributed by atoms with Crippen LogP contribution in [-0.2, 0) is 0 Å². The van der Waals surface area contributed by atoms with Gasteiger partial charge in [0.15, 0.2) is 0 Å². The number of anilines is 2. The number of benzene rings is 1. The van der Waals surface area contributed by atoms with Crippen LogP contribution >= 0.6 is 0 Å². The average molecular weight is 294 g/mol. The second-order valence-corrected chi connectivity index (χ2v) is 5.32. The Morgan fingerprint density at radius 1 is 1.27 bits per heavy atom. The molecule has 0 aliphatic heterocycles. The summed E-state index contributed by atoms with van der Waals surface area (Å²) < 4.78 is 0. The van der Waals surface area contributed by atoms with Gasteiger partial charge in [-0.25, -0.2) is 4.98 Å². The van der Waals surface area contributed by atoms with Gasteiger partial charge in [-0.3, -0.25) is 4.79 Å². The van der Waals surface area contributed by atoms with E-state index in [9.17, 15) is 4.79 Å². The maximum atomic E-state index is 11.9. The van der Waals surface area contributed by atoms with Crippen LogP contribution in [0.15, 0.2) is 42.6 Å². The van der Waals surface area contributed by atoms with Crippen LogP contribution in [0.1, 0.15) is 29.9 Å². The average Bonchev–Trinajstić information content (AvgIpc) is 2.54. The van der Waals surface area contributed by atoms with Crippen LogP contribution in [0, 0.1) is 17.2 Å². The highest BCUT2D eigenvalue weighted by molar-refractivity contribution is 5.92. The van der Waals surface area contributed by atoms with E-state index >= 15 is 0 Å². The molecule has 0 radical (unpaired) electrons. The summed E-state index contributed by atoms with van der Waals surface area (Å²) in [7, 11) is 0. The van der Waals surface area contributed by atoms with Crippen LogP contribution in [0.5, 0.6) is 0 Å². The first kappa shape index (κ1) is 15.5. The third-order valence-corrected chi connectivity index (χ3v) is 2.99. The molecule has 112 valence electrons. The molecule has 0 fully saturated rings. The number of carbonyl (C=O) groups excluding carboxylic acids is 1. The molecule has 1 heterocycles. The standard InChI is InChI=1S/C17H18N4O/c1-12(2)10-20-17(22)16-8-7-14(11-19-16)21-15-6-4-3-5-13(15)9-18/h3-8,11-12,21H,10H2,1-2H3,(H,20,22). The number of para-hydroxylation sites is 1. The molecule has 2 N–H and O–H groups in total. The van der Waals surface area contributed by atoms with Crippen LogP contribution < -0.4 is 10.6 Å². The second-order valence-electron chi connectivity index (χ2n) is 5.32. The molecule has 2 rings (SSSR count). The summed E-state index contributed by atoms with van der Waals surface area (Å²) in [6, 6.07) is 12.8. The molecule has 2 aromatic rings. The Morgan fingerprint density at radius 3 is 2.68 bits per heavy atom. The van der Waals surface area contributed by atoms with E-state index < -0.39 is 0 Å². The molecule has 5 heteroatoms. The lowest BCUT2D eigenvalue weighted by Gasteiger charge is -2.09. The lowest BCUT2D eigenvalue weighted by atomic mass is 10.2. The molecule has 1 amide bonds. The molecule has 0 atom stereocenters. The Labute approximate surface area is 130 Å². The van der Waals surface area contributed by atoms with E-state index in [1.807, 2.05) is 32.0 Å². The highest BCUT2D eigenvalue weighted by atomic mass is 16.1. The quantitative estimate of drug-likeness (QED) is 0.888. The molecule has 0 saturated carbocycles. The summed E-state index contributed by atoms with van der Waals surface area (Å²) >= 11 is 0. The van der Waals surface area contributed by atoms with Crippen molar-refractivity contribution >= 4 is 17.3 Å². The van der Waals surface area contributed by atoms with E-state index in [4.69, 9.17) is 5.26 Å². The molecule has 1 aromatic heterocycles. The van der Waals surface area contributed by atoms with Crippen molar-refractivity contribution in [1.82, 2.24) is 10.3 Å². The molecular formula is C17H18N4O. The summed E-state index contributed by atoms with van der Waals surface area (Å²) in [5.41, 5.74) is 2.37. The van der Waals surface area contributed by atoms with E-state index in [1.165, 1.54) is 0 Å². The molecule has 0 aliphatic rings. The van der Waals surface area contributed by atoms with Crippen molar-refractivity contribution in [2.75, 3.05) is 11.9 Å². The summed E-state index contributed by atoms with van der Waals surface area (Å²) in [6.45, 7) is 4.69. The molecule has 0 bridgehead atoms. The van der Waals surface area contributed by atoms with Crippen molar-refractivity contribution in [2.24, 2.45) is 5.92 Å². The summed E-state index contributed by atoms with van der Waals surface area (Å²) in [5.74, 6) is 0.213. The largest absolute Gasteiger partial charge is 0.353 e. The van der Waals surface area contributed by atoms with E-state index in [0.717, 1.165) is 5.69 Å². The van der Waals surface area contributed by atoms with Crippen LogP contribution in [0.3, 0.4) is 0 Å². The van der Waals surface area contributed by atoms with Crippen molar-refractivity contribution in [3.8, 4) is 6.07 Å². The number of amides is 1. The molecule has 0 aliphatic carbocycles. The third kappa shape index (κ3) is 4.06. The molecular weight excluding hydrogens is 276 g/mol.